The van der Waals surface area contributed by atoms with Gasteiger partial charge < -0.3 is 0 Å². The summed E-state index contributed by atoms with van der Waals surface area (Å²) in [6.07, 6.45) is -0.160. The Morgan fingerprint density at radius 2 is 2.36 bits per heavy atom. The summed E-state index contributed by atoms with van der Waals surface area (Å²) in [7, 11) is 0. The number of aromatic nitrogens is 1. The Morgan fingerprint density at radius 1 is 1.64 bits per heavy atom. The molecule has 0 spiro atoms. The second-order valence-corrected chi connectivity index (χ2v) is 2.98. The summed E-state index contributed by atoms with van der Waals surface area (Å²) in [6, 6.07) is 5.61. The molecule has 0 aliphatic heterocycles. The van der Waals surface area contributed by atoms with Crippen LogP contribution < -0.4 is 5.90 Å². The SMILES string of the molecule is CC(ON)c1cccc(Br)n1. The molecule has 4 heteroatoms. The number of rotatable bonds is 2. The highest BCUT2D eigenvalue weighted by molar-refractivity contribution is 9.10. The van der Waals surface area contributed by atoms with E-state index < -0.39 is 0 Å². The van der Waals surface area contributed by atoms with Crippen molar-refractivity contribution >= 4 is 15.9 Å². The predicted octanol–water partition coefficient (Wildman–Crippen LogP) is 1.80. The minimum atomic E-state index is -0.160. The van der Waals surface area contributed by atoms with Crippen molar-refractivity contribution in [3.63, 3.8) is 0 Å². The second-order valence-electron chi connectivity index (χ2n) is 2.16. The molecule has 1 atom stereocenters. The molecule has 0 saturated carbocycles. The van der Waals surface area contributed by atoms with Gasteiger partial charge in [-0.1, -0.05) is 6.07 Å². The molecule has 1 rings (SSSR count). The van der Waals surface area contributed by atoms with Crippen molar-refractivity contribution in [1.29, 1.82) is 0 Å². The largest absolute Gasteiger partial charge is 0.295 e. The number of pyridine rings is 1. The molecule has 0 bridgehead atoms. The van der Waals surface area contributed by atoms with Crippen molar-refractivity contribution in [3.05, 3.63) is 28.5 Å². The van der Waals surface area contributed by atoms with Crippen molar-refractivity contribution in [2.45, 2.75) is 13.0 Å². The van der Waals surface area contributed by atoms with E-state index in [9.17, 15) is 0 Å². The van der Waals surface area contributed by atoms with Gasteiger partial charge in [0, 0.05) is 0 Å². The number of nitrogens with two attached hydrogens (primary N) is 1. The summed E-state index contributed by atoms with van der Waals surface area (Å²) in [5.41, 5.74) is 0.821. The molecule has 1 unspecified atom stereocenters. The monoisotopic (exact) mass is 216 g/mol. The third-order valence-corrected chi connectivity index (χ3v) is 1.80. The third-order valence-electron chi connectivity index (χ3n) is 1.36. The predicted molar refractivity (Wildman–Crippen MR) is 45.6 cm³/mol. The fourth-order valence-electron chi connectivity index (χ4n) is 0.720. The number of halogens is 1. The number of hydrogen-bond donors (Lipinski definition) is 1. The van der Waals surface area contributed by atoms with E-state index in [1.165, 1.54) is 0 Å². The molecule has 60 valence electrons. The van der Waals surface area contributed by atoms with Crippen LogP contribution in [0.5, 0.6) is 0 Å². The zero-order valence-corrected chi connectivity index (χ0v) is 7.71. The van der Waals surface area contributed by atoms with Gasteiger partial charge >= 0.3 is 0 Å². The fourth-order valence-corrected chi connectivity index (χ4v) is 1.08. The number of hydrogen-bond acceptors (Lipinski definition) is 3. The lowest BCUT2D eigenvalue weighted by Crippen LogP contribution is -2.06. The zero-order valence-electron chi connectivity index (χ0n) is 6.12. The molecule has 1 aromatic heterocycles. The van der Waals surface area contributed by atoms with E-state index in [0.717, 1.165) is 10.3 Å². The van der Waals surface area contributed by atoms with Gasteiger partial charge in [-0.25, -0.2) is 10.9 Å². The molecule has 3 nitrogen and oxygen atoms in total. The molecule has 0 aliphatic carbocycles. The smallest absolute Gasteiger partial charge is 0.118 e. The van der Waals surface area contributed by atoms with Crippen molar-refractivity contribution in [2.75, 3.05) is 0 Å². The van der Waals surface area contributed by atoms with Crippen LogP contribution in [0.15, 0.2) is 22.8 Å². The summed E-state index contributed by atoms with van der Waals surface area (Å²) < 4.78 is 0.791. The molecular weight excluding hydrogens is 208 g/mol. The Bertz CT molecular complexity index is 242. The lowest BCUT2D eigenvalue weighted by atomic mass is 10.2. The van der Waals surface area contributed by atoms with Gasteiger partial charge in [0.05, 0.1) is 5.69 Å². The summed E-state index contributed by atoms with van der Waals surface area (Å²) in [5, 5.41) is 0. The van der Waals surface area contributed by atoms with E-state index in [0.29, 0.717) is 0 Å². The van der Waals surface area contributed by atoms with Crippen molar-refractivity contribution in [1.82, 2.24) is 4.98 Å². The first-order valence-electron chi connectivity index (χ1n) is 3.22. The Kier molecular flexibility index (Phi) is 2.99. The molecule has 0 aromatic carbocycles. The van der Waals surface area contributed by atoms with E-state index in [1.807, 2.05) is 25.1 Å². The molecule has 0 radical (unpaired) electrons. The average Bonchev–Trinajstić information content (AvgIpc) is 2.03. The highest BCUT2D eigenvalue weighted by atomic mass is 79.9. The minimum absolute atomic E-state index is 0.160. The van der Waals surface area contributed by atoms with Crippen LogP contribution in [0.1, 0.15) is 18.7 Å². The standard InChI is InChI=1S/C7H9BrN2O/c1-5(11-9)6-3-2-4-7(8)10-6/h2-5H,9H2,1H3. The normalized spacial score (nSPS) is 13.0. The van der Waals surface area contributed by atoms with Gasteiger partial charge in [-0.15, -0.1) is 0 Å². The first-order chi connectivity index (χ1) is 5.24. The Hall–Kier alpha value is -0.450. The first-order valence-corrected chi connectivity index (χ1v) is 4.01. The Morgan fingerprint density at radius 3 is 2.91 bits per heavy atom. The van der Waals surface area contributed by atoms with Crippen molar-refractivity contribution in [2.24, 2.45) is 5.90 Å². The van der Waals surface area contributed by atoms with Crippen LogP contribution in [0.4, 0.5) is 0 Å². The van der Waals surface area contributed by atoms with E-state index >= 15 is 0 Å². The Labute approximate surface area is 73.7 Å². The topological polar surface area (TPSA) is 48.1 Å². The lowest BCUT2D eigenvalue weighted by Gasteiger charge is -2.06. The van der Waals surface area contributed by atoms with Gasteiger partial charge in [0.25, 0.3) is 0 Å². The maximum Gasteiger partial charge on any atom is 0.118 e. The maximum absolute atomic E-state index is 5.00. The molecule has 0 fully saturated rings. The minimum Gasteiger partial charge on any atom is -0.295 e. The van der Waals surface area contributed by atoms with Gasteiger partial charge in [-0.05, 0) is 35.0 Å². The van der Waals surface area contributed by atoms with E-state index in [2.05, 4.69) is 25.8 Å². The van der Waals surface area contributed by atoms with E-state index in [1.54, 1.807) is 0 Å². The van der Waals surface area contributed by atoms with Crippen LogP contribution in [0.25, 0.3) is 0 Å². The van der Waals surface area contributed by atoms with Crippen LogP contribution in [0.3, 0.4) is 0 Å². The van der Waals surface area contributed by atoms with Gasteiger partial charge in [0.2, 0.25) is 0 Å². The highest BCUT2D eigenvalue weighted by Crippen LogP contribution is 2.14. The maximum atomic E-state index is 5.00. The van der Waals surface area contributed by atoms with Gasteiger partial charge in [-0.3, -0.25) is 4.84 Å². The van der Waals surface area contributed by atoms with Gasteiger partial charge in [0.15, 0.2) is 0 Å². The average molecular weight is 217 g/mol. The van der Waals surface area contributed by atoms with Crippen molar-refractivity contribution in [3.8, 4) is 0 Å². The van der Waals surface area contributed by atoms with Crippen LogP contribution in [-0.2, 0) is 4.84 Å². The van der Waals surface area contributed by atoms with Gasteiger partial charge in [0.1, 0.15) is 10.7 Å². The fraction of sp³-hybridized carbons (Fsp3) is 0.286. The van der Waals surface area contributed by atoms with Crippen LogP contribution in [-0.4, -0.2) is 4.98 Å². The van der Waals surface area contributed by atoms with Crippen LogP contribution in [0.2, 0.25) is 0 Å². The first kappa shape index (κ1) is 8.64. The molecule has 11 heavy (non-hydrogen) atoms. The second kappa shape index (κ2) is 3.80. The van der Waals surface area contributed by atoms with Gasteiger partial charge in [-0.2, -0.15) is 0 Å². The van der Waals surface area contributed by atoms with Crippen molar-refractivity contribution < 1.29 is 4.84 Å². The van der Waals surface area contributed by atoms with Crippen LogP contribution in [0, 0.1) is 0 Å². The molecule has 1 aromatic rings. The molecule has 2 N–H and O–H groups in total. The lowest BCUT2D eigenvalue weighted by molar-refractivity contribution is 0.0633. The zero-order chi connectivity index (χ0) is 8.27. The summed E-state index contributed by atoms with van der Waals surface area (Å²) in [4.78, 5) is 8.76. The summed E-state index contributed by atoms with van der Waals surface area (Å²) in [6.45, 7) is 1.84. The summed E-state index contributed by atoms with van der Waals surface area (Å²) >= 11 is 3.25. The molecule has 0 aliphatic rings. The molecule has 0 saturated heterocycles. The van der Waals surface area contributed by atoms with E-state index in [-0.39, 0.29) is 6.10 Å². The van der Waals surface area contributed by atoms with E-state index in [4.69, 9.17) is 5.90 Å². The summed E-state index contributed by atoms with van der Waals surface area (Å²) in [5.74, 6) is 5.00. The molecular formula is C7H9BrN2O. The third kappa shape index (κ3) is 2.25. The number of nitrogens with zero attached hydrogens (tertiary/aromatic N) is 1. The molecule has 1 heterocycles. The van der Waals surface area contributed by atoms with Crippen LogP contribution >= 0.6 is 15.9 Å². The highest BCUT2D eigenvalue weighted by Gasteiger charge is 2.04. The quantitative estimate of drug-likeness (QED) is 0.606. The molecule has 0 amide bonds. The Balaban J connectivity index is 2.86.